The fourth-order valence-corrected chi connectivity index (χ4v) is 9.38. The maximum atomic E-state index is 13.3. The lowest BCUT2D eigenvalue weighted by Crippen LogP contribution is -2.47. The number of thiophene rings is 1. The van der Waals surface area contributed by atoms with Crippen molar-refractivity contribution in [3.05, 3.63) is 10.4 Å². The van der Waals surface area contributed by atoms with Gasteiger partial charge in [0.15, 0.2) is 15.0 Å². The van der Waals surface area contributed by atoms with Gasteiger partial charge in [0.05, 0.1) is 22.6 Å². The first-order valence-electron chi connectivity index (χ1n) is 11.5. The molecule has 2 aromatic rings. The second-order valence-electron chi connectivity index (χ2n) is 9.51. The highest BCUT2D eigenvalue weighted by Gasteiger charge is 2.39. The Labute approximate surface area is 197 Å². The van der Waals surface area contributed by atoms with Gasteiger partial charge >= 0.3 is 0 Å². The molecule has 2 N–H and O–H groups in total. The highest BCUT2D eigenvalue weighted by atomic mass is 32.2. The molecule has 2 unspecified atom stereocenters. The van der Waals surface area contributed by atoms with Crippen LogP contribution in [-0.4, -0.2) is 58.5 Å². The molecule has 0 bridgehead atoms. The summed E-state index contributed by atoms with van der Waals surface area (Å²) >= 11 is 3.02. The summed E-state index contributed by atoms with van der Waals surface area (Å²) < 4.78 is 24.1. The summed E-state index contributed by atoms with van der Waals surface area (Å²) in [6.07, 6.45) is 7.91. The van der Waals surface area contributed by atoms with E-state index in [0.717, 1.165) is 55.2 Å². The number of anilines is 1. The second kappa shape index (κ2) is 8.76. The standard InChI is InChI=1S/C22H30N4O3S3/c1-13-6-7-16-17(10-13)31-21-19(16)20(23)24-22(25-21)30-11-18(27)26(14-4-2-3-5-14)15-8-9-32(28,29)12-15/h13-15H,2-12H2,1H3,(H2,23,24,25). The lowest BCUT2D eigenvalue weighted by atomic mass is 9.89. The number of sulfone groups is 1. The molecular weight excluding hydrogens is 464 g/mol. The van der Waals surface area contributed by atoms with Gasteiger partial charge in [0.1, 0.15) is 10.6 Å². The van der Waals surface area contributed by atoms with Gasteiger partial charge in [-0.1, -0.05) is 31.5 Å². The van der Waals surface area contributed by atoms with Gasteiger partial charge in [0, 0.05) is 17.0 Å². The van der Waals surface area contributed by atoms with Crippen LogP contribution in [0.25, 0.3) is 10.2 Å². The van der Waals surface area contributed by atoms with E-state index < -0.39 is 9.84 Å². The number of carbonyl (C=O) groups excluding carboxylic acids is 1. The fraction of sp³-hybridized carbons (Fsp3) is 0.682. The molecule has 174 valence electrons. The summed E-state index contributed by atoms with van der Waals surface area (Å²) in [4.78, 5) is 26.7. The topological polar surface area (TPSA) is 106 Å². The molecule has 2 fully saturated rings. The van der Waals surface area contributed by atoms with E-state index in [4.69, 9.17) is 10.7 Å². The quantitative estimate of drug-likeness (QED) is 0.501. The number of thioether (sulfide) groups is 1. The summed E-state index contributed by atoms with van der Waals surface area (Å²) in [6, 6.07) is -0.0449. The predicted molar refractivity (Wildman–Crippen MR) is 130 cm³/mol. The van der Waals surface area contributed by atoms with E-state index in [-0.39, 0.29) is 35.2 Å². The molecule has 0 aromatic carbocycles. The van der Waals surface area contributed by atoms with Gasteiger partial charge in [-0.25, -0.2) is 18.4 Å². The highest BCUT2D eigenvalue weighted by Crippen LogP contribution is 2.40. The molecule has 1 saturated heterocycles. The molecule has 32 heavy (non-hydrogen) atoms. The number of nitrogens with zero attached hydrogens (tertiary/aromatic N) is 3. The maximum Gasteiger partial charge on any atom is 0.233 e. The van der Waals surface area contributed by atoms with Crippen LogP contribution in [0.15, 0.2) is 5.16 Å². The number of hydrogen-bond acceptors (Lipinski definition) is 8. The summed E-state index contributed by atoms with van der Waals surface area (Å²) in [6.45, 7) is 2.28. The Morgan fingerprint density at radius 3 is 2.69 bits per heavy atom. The molecule has 2 atom stereocenters. The minimum Gasteiger partial charge on any atom is -0.383 e. The average molecular weight is 495 g/mol. The Morgan fingerprint density at radius 2 is 1.97 bits per heavy atom. The SMILES string of the molecule is CC1CCc2c(sc3nc(SCC(=O)N(C4CCCC4)C4CCS(=O)(=O)C4)nc(N)c23)C1. The smallest absolute Gasteiger partial charge is 0.233 e. The van der Waals surface area contributed by atoms with E-state index in [1.807, 2.05) is 4.90 Å². The van der Waals surface area contributed by atoms with E-state index in [1.54, 1.807) is 11.3 Å². The Morgan fingerprint density at radius 1 is 1.19 bits per heavy atom. The van der Waals surface area contributed by atoms with Gasteiger partial charge in [0.2, 0.25) is 5.91 Å². The molecule has 2 aliphatic carbocycles. The first kappa shape index (κ1) is 22.4. The summed E-state index contributed by atoms with van der Waals surface area (Å²) in [5.74, 6) is 1.66. The van der Waals surface area contributed by atoms with Crippen LogP contribution in [0, 0.1) is 5.92 Å². The number of aryl methyl sites for hydroxylation is 1. The molecule has 2 aromatic heterocycles. The third kappa shape index (κ3) is 4.37. The van der Waals surface area contributed by atoms with E-state index in [0.29, 0.717) is 23.3 Å². The van der Waals surface area contributed by atoms with Gasteiger partial charge < -0.3 is 10.6 Å². The zero-order chi connectivity index (χ0) is 22.5. The zero-order valence-corrected chi connectivity index (χ0v) is 20.8. The van der Waals surface area contributed by atoms with Crippen LogP contribution in [0.5, 0.6) is 0 Å². The third-order valence-corrected chi connectivity index (χ3v) is 10.8. The van der Waals surface area contributed by atoms with Crippen molar-refractivity contribution in [3.63, 3.8) is 0 Å². The van der Waals surface area contributed by atoms with E-state index in [2.05, 4.69) is 11.9 Å². The van der Waals surface area contributed by atoms with Crippen molar-refractivity contribution in [3.8, 4) is 0 Å². The van der Waals surface area contributed by atoms with E-state index >= 15 is 0 Å². The minimum atomic E-state index is -3.05. The number of fused-ring (bicyclic) bond motifs is 3. The van der Waals surface area contributed by atoms with Crippen molar-refractivity contribution in [2.75, 3.05) is 23.0 Å². The Kier molecular flexibility index (Phi) is 6.13. The van der Waals surface area contributed by atoms with Gasteiger partial charge in [-0.05, 0) is 50.0 Å². The van der Waals surface area contributed by atoms with Gasteiger partial charge in [-0.2, -0.15) is 0 Å². The van der Waals surface area contributed by atoms with E-state index in [9.17, 15) is 13.2 Å². The Balaban J connectivity index is 1.34. The number of amides is 1. The van der Waals surface area contributed by atoms with Gasteiger partial charge in [0.25, 0.3) is 0 Å². The molecule has 1 aliphatic heterocycles. The normalized spacial score (nSPS) is 25.3. The third-order valence-electron chi connectivity index (χ3n) is 7.10. The largest absolute Gasteiger partial charge is 0.383 e. The highest BCUT2D eigenvalue weighted by molar-refractivity contribution is 7.99. The molecule has 10 heteroatoms. The molecule has 7 nitrogen and oxygen atoms in total. The number of hydrogen-bond donors (Lipinski definition) is 1. The van der Waals surface area contributed by atoms with Gasteiger partial charge in [-0.3, -0.25) is 4.79 Å². The summed E-state index contributed by atoms with van der Waals surface area (Å²) in [5, 5.41) is 1.52. The fourth-order valence-electron chi connectivity index (χ4n) is 5.50. The van der Waals surface area contributed by atoms with Crippen LogP contribution in [0.1, 0.15) is 55.9 Å². The van der Waals surface area contributed by atoms with Crippen molar-refractivity contribution in [1.29, 1.82) is 0 Å². The number of nitrogens with two attached hydrogens (primary N) is 1. The monoisotopic (exact) mass is 494 g/mol. The molecule has 3 heterocycles. The Hall–Kier alpha value is -1.39. The Bertz CT molecular complexity index is 1140. The van der Waals surface area contributed by atoms with Crippen LogP contribution in [0.2, 0.25) is 0 Å². The second-order valence-corrected chi connectivity index (χ2v) is 13.8. The molecular formula is C22H30N4O3S3. The molecule has 0 spiro atoms. The summed E-state index contributed by atoms with van der Waals surface area (Å²) in [7, 11) is -3.05. The first-order valence-corrected chi connectivity index (χ1v) is 15.1. The lowest BCUT2D eigenvalue weighted by Gasteiger charge is -2.34. The molecule has 1 amide bonds. The van der Waals surface area contributed by atoms with Crippen molar-refractivity contribution in [2.24, 2.45) is 5.92 Å². The molecule has 1 saturated carbocycles. The average Bonchev–Trinajstić information content (AvgIpc) is 3.45. The molecule has 5 rings (SSSR count). The number of nitrogen functional groups attached to an aromatic ring is 1. The minimum absolute atomic E-state index is 0.00873. The van der Waals surface area contributed by atoms with Crippen LogP contribution in [-0.2, 0) is 27.5 Å². The van der Waals surface area contributed by atoms with Crippen LogP contribution >= 0.6 is 23.1 Å². The number of carbonyl (C=O) groups is 1. The first-order chi connectivity index (χ1) is 15.3. The maximum absolute atomic E-state index is 13.3. The van der Waals surface area contributed by atoms with Crippen molar-refractivity contribution < 1.29 is 13.2 Å². The predicted octanol–water partition coefficient (Wildman–Crippen LogP) is 3.45. The lowest BCUT2D eigenvalue weighted by molar-refractivity contribution is -0.132. The number of rotatable bonds is 5. The molecule has 0 radical (unpaired) electrons. The van der Waals surface area contributed by atoms with Crippen molar-refractivity contribution >= 4 is 54.9 Å². The van der Waals surface area contributed by atoms with E-state index in [1.165, 1.54) is 22.2 Å². The van der Waals surface area contributed by atoms with Crippen LogP contribution < -0.4 is 5.73 Å². The molecule has 3 aliphatic rings. The van der Waals surface area contributed by atoms with Crippen molar-refractivity contribution in [1.82, 2.24) is 14.9 Å². The zero-order valence-electron chi connectivity index (χ0n) is 18.4. The van der Waals surface area contributed by atoms with Crippen LogP contribution in [0.3, 0.4) is 0 Å². The number of aromatic nitrogens is 2. The van der Waals surface area contributed by atoms with Crippen molar-refractivity contribution in [2.45, 2.75) is 75.5 Å². The van der Waals surface area contributed by atoms with Crippen LogP contribution in [0.4, 0.5) is 5.82 Å². The summed E-state index contributed by atoms with van der Waals surface area (Å²) in [5.41, 5.74) is 7.64. The van der Waals surface area contributed by atoms with Gasteiger partial charge in [-0.15, -0.1) is 11.3 Å².